The first-order valence-electron chi connectivity index (χ1n) is 11.6. The molecule has 1 saturated carbocycles. The molecule has 3 heterocycles. The molecule has 2 aromatic carbocycles. The second kappa shape index (κ2) is 8.86. The van der Waals surface area contributed by atoms with Crippen molar-refractivity contribution in [2.24, 2.45) is 5.92 Å². The van der Waals surface area contributed by atoms with Gasteiger partial charge in [-0.2, -0.15) is 4.98 Å². The highest BCUT2D eigenvalue weighted by atomic mass is 32.2. The Bertz CT molecular complexity index is 1770. The van der Waals surface area contributed by atoms with Crippen LogP contribution in [0.1, 0.15) is 12.8 Å². The van der Waals surface area contributed by atoms with Gasteiger partial charge >= 0.3 is 0 Å². The van der Waals surface area contributed by atoms with Gasteiger partial charge in [0.05, 0.1) is 18.3 Å². The minimum Gasteiger partial charge on any atom is -0.494 e. The molecule has 1 aliphatic carbocycles. The second-order valence-electron chi connectivity index (χ2n) is 8.72. The van der Waals surface area contributed by atoms with Gasteiger partial charge < -0.3 is 15.4 Å². The number of nitrogens with zero attached hydrogens (tertiary/aromatic N) is 4. The second-order valence-corrected chi connectivity index (χ2v) is 10.5. The summed E-state index contributed by atoms with van der Waals surface area (Å²) in [6.07, 6.45) is 6.39. The fourth-order valence-electron chi connectivity index (χ4n) is 4.12. The molecule has 3 aromatic heterocycles. The third-order valence-electron chi connectivity index (χ3n) is 6.19. The Balaban J connectivity index is 1.33. The molecule has 1 aliphatic rings. The van der Waals surface area contributed by atoms with Crippen LogP contribution in [0.5, 0.6) is 5.75 Å². The van der Waals surface area contributed by atoms with Crippen molar-refractivity contribution in [2.45, 2.75) is 17.7 Å². The summed E-state index contributed by atoms with van der Waals surface area (Å²) in [6, 6.07) is 15.5. The zero-order valence-electron chi connectivity index (χ0n) is 19.7. The smallest absolute Gasteiger partial charge is 0.271 e. The Morgan fingerprint density at radius 1 is 1.05 bits per heavy atom. The zero-order valence-corrected chi connectivity index (χ0v) is 20.6. The highest BCUT2D eigenvalue weighted by molar-refractivity contribution is 7.90. The Kier molecular flexibility index (Phi) is 5.49. The van der Waals surface area contributed by atoms with Crippen molar-refractivity contribution in [1.29, 1.82) is 0 Å². The van der Waals surface area contributed by atoms with Crippen molar-refractivity contribution < 1.29 is 17.9 Å². The Hall–Kier alpha value is -4.51. The first kappa shape index (κ1) is 22.9. The molecule has 1 amide bonds. The number of hydrogen-bond donors (Lipinski definition) is 2. The highest BCUT2D eigenvalue weighted by Gasteiger charge is 2.30. The van der Waals surface area contributed by atoms with Crippen LogP contribution in [-0.4, -0.2) is 40.4 Å². The number of para-hydroxylation sites is 1. The van der Waals surface area contributed by atoms with Gasteiger partial charge in [0.15, 0.2) is 5.65 Å². The van der Waals surface area contributed by atoms with Crippen LogP contribution < -0.4 is 15.4 Å². The van der Waals surface area contributed by atoms with E-state index in [2.05, 4.69) is 25.6 Å². The number of nitrogens with one attached hydrogen (secondary N) is 2. The maximum Gasteiger partial charge on any atom is 0.271 e. The predicted octanol–water partition coefficient (Wildman–Crippen LogP) is 4.32. The van der Waals surface area contributed by atoms with Gasteiger partial charge in [0, 0.05) is 47.0 Å². The van der Waals surface area contributed by atoms with E-state index < -0.39 is 10.0 Å². The average molecular weight is 515 g/mol. The maximum atomic E-state index is 13.6. The molecule has 0 bridgehead atoms. The highest BCUT2D eigenvalue weighted by Crippen LogP contribution is 2.34. The molecule has 6 rings (SSSR count). The summed E-state index contributed by atoms with van der Waals surface area (Å²) in [5.41, 5.74) is 1.80. The number of pyridine rings is 1. The number of benzene rings is 2. The van der Waals surface area contributed by atoms with E-state index in [0.29, 0.717) is 28.0 Å². The molecule has 0 unspecified atom stereocenters. The lowest BCUT2D eigenvalue weighted by molar-refractivity contribution is -0.117. The number of fused-ring (bicyclic) bond motifs is 2. The molecule has 2 N–H and O–H groups in total. The summed E-state index contributed by atoms with van der Waals surface area (Å²) in [5.74, 6) is 0.737. The first-order valence-corrected chi connectivity index (χ1v) is 13.1. The fourth-order valence-corrected chi connectivity index (χ4v) is 5.59. The topological polar surface area (TPSA) is 128 Å². The van der Waals surface area contributed by atoms with Crippen LogP contribution in [0, 0.1) is 5.92 Å². The Morgan fingerprint density at radius 2 is 1.89 bits per heavy atom. The SMILES string of the molecule is COc1cc(Nc2ncc3ccn(S(=O)(=O)c4cccc5cccnc45)c3n2)ccc1NC(=O)C1CC1. The van der Waals surface area contributed by atoms with E-state index in [1.54, 1.807) is 48.8 Å². The van der Waals surface area contributed by atoms with E-state index >= 15 is 0 Å². The molecule has 0 atom stereocenters. The maximum absolute atomic E-state index is 13.6. The molecule has 0 radical (unpaired) electrons. The van der Waals surface area contributed by atoms with Crippen LogP contribution in [0.3, 0.4) is 0 Å². The average Bonchev–Trinajstić information content (AvgIpc) is 3.68. The van der Waals surface area contributed by atoms with Gasteiger partial charge in [-0.25, -0.2) is 17.4 Å². The number of rotatable bonds is 7. The molecule has 1 fully saturated rings. The largest absolute Gasteiger partial charge is 0.494 e. The van der Waals surface area contributed by atoms with Crippen LogP contribution in [-0.2, 0) is 14.8 Å². The molecule has 186 valence electrons. The number of aromatic nitrogens is 4. The van der Waals surface area contributed by atoms with Crippen molar-refractivity contribution >= 4 is 55.2 Å². The van der Waals surface area contributed by atoms with Gasteiger partial charge in [-0.15, -0.1) is 0 Å². The quantitative estimate of drug-likeness (QED) is 0.329. The molecule has 37 heavy (non-hydrogen) atoms. The van der Waals surface area contributed by atoms with Crippen LogP contribution in [0.2, 0.25) is 0 Å². The van der Waals surface area contributed by atoms with E-state index in [0.717, 1.165) is 22.2 Å². The van der Waals surface area contributed by atoms with Crippen LogP contribution in [0.25, 0.3) is 21.9 Å². The summed E-state index contributed by atoms with van der Waals surface area (Å²) < 4.78 is 33.9. The summed E-state index contributed by atoms with van der Waals surface area (Å²) in [7, 11) is -2.47. The predicted molar refractivity (Wildman–Crippen MR) is 139 cm³/mol. The van der Waals surface area contributed by atoms with E-state index in [1.807, 2.05) is 12.1 Å². The third kappa shape index (κ3) is 4.23. The number of amides is 1. The van der Waals surface area contributed by atoms with Crippen LogP contribution in [0.15, 0.2) is 78.1 Å². The molecule has 11 heteroatoms. The number of hydrogen-bond acceptors (Lipinski definition) is 8. The van der Waals surface area contributed by atoms with Gasteiger partial charge in [-0.3, -0.25) is 9.78 Å². The summed E-state index contributed by atoms with van der Waals surface area (Å²) in [4.78, 5) is 25.3. The van der Waals surface area contributed by atoms with Crippen LogP contribution >= 0.6 is 0 Å². The minimum absolute atomic E-state index is 0.0174. The lowest BCUT2D eigenvalue weighted by atomic mass is 10.2. The molecule has 0 aliphatic heterocycles. The molecular formula is C26H22N6O4S. The van der Waals surface area contributed by atoms with E-state index in [4.69, 9.17) is 4.74 Å². The van der Waals surface area contributed by atoms with Crippen molar-refractivity contribution in [3.8, 4) is 5.75 Å². The van der Waals surface area contributed by atoms with E-state index in [1.165, 1.54) is 19.4 Å². The van der Waals surface area contributed by atoms with Crippen molar-refractivity contribution in [3.63, 3.8) is 0 Å². The normalized spacial score (nSPS) is 13.5. The number of anilines is 3. The minimum atomic E-state index is -3.99. The lowest BCUT2D eigenvalue weighted by Crippen LogP contribution is -2.14. The van der Waals surface area contributed by atoms with Gasteiger partial charge in [-0.1, -0.05) is 18.2 Å². The fraction of sp³-hybridized carbons (Fsp3) is 0.154. The number of ether oxygens (including phenoxy) is 1. The summed E-state index contributed by atoms with van der Waals surface area (Å²) in [5, 5.41) is 7.27. The molecule has 10 nitrogen and oxygen atoms in total. The monoisotopic (exact) mass is 514 g/mol. The third-order valence-corrected chi connectivity index (χ3v) is 7.89. The number of carbonyl (C=O) groups excluding carboxylic acids is 1. The van der Waals surface area contributed by atoms with Crippen molar-refractivity contribution in [3.05, 3.63) is 73.2 Å². The standard InChI is InChI=1S/C26H22N6O4S/c1-36-21-14-19(9-10-20(21)30-25(33)17-7-8-17)29-26-28-15-18-11-13-32(24(18)31-26)37(34,35)22-6-2-4-16-5-3-12-27-23(16)22/h2-6,9-15,17H,7-8H2,1H3,(H,30,33)(H,28,29,31). The molecular weight excluding hydrogens is 492 g/mol. The Morgan fingerprint density at radius 3 is 2.70 bits per heavy atom. The van der Waals surface area contributed by atoms with E-state index in [-0.39, 0.29) is 28.3 Å². The summed E-state index contributed by atoms with van der Waals surface area (Å²) in [6.45, 7) is 0. The number of methoxy groups -OCH3 is 1. The lowest BCUT2D eigenvalue weighted by Gasteiger charge is -2.13. The summed E-state index contributed by atoms with van der Waals surface area (Å²) >= 11 is 0. The van der Waals surface area contributed by atoms with Crippen molar-refractivity contribution in [2.75, 3.05) is 17.7 Å². The van der Waals surface area contributed by atoms with Gasteiger partial charge in [0.2, 0.25) is 11.9 Å². The zero-order chi connectivity index (χ0) is 25.6. The van der Waals surface area contributed by atoms with Crippen LogP contribution in [0.4, 0.5) is 17.3 Å². The van der Waals surface area contributed by atoms with E-state index in [9.17, 15) is 13.2 Å². The van der Waals surface area contributed by atoms with Gasteiger partial charge in [0.1, 0.15) is 10.6 Å². The molecule has 0 saturated heterocycles. The van der Waals surface area contributed by atoms with Crippen molar-refractivity contribution in [1.82, 2.24) is 18.9 Å². The molecule has 0 spiro atoms. The first-order chi connectivity index (χ1) is 17.9. The number of carbonyl (C=O) groups is 1. The van der Waals surface area contributed by atoms with Gasteiger partial charge in [-0.05, 0) is 43.2 Å². The molecule has 5 aromatic rings. The Labute approximate surface area is 212 Å². The van der Waals surface area contributed by atoms with Gasteiger partial charge in [0.25, 0.3) is 10.0 Å².